The lowest BCUT2D eigenvalue weighted by atomic mass is 9.90. The molecular weight excluding hydrogens is 292 g/mol. The van der Waals surface area contributed by atoms with Gasteiger partial charge in [-0.25, -0.2) is 8.78 Å². The Labute approximate surface area is 126 Å². The number of halogens is 2. The number of carboxylic acid groups (broad SMARTS) is 1. The summed E-state index contributed by atoms with van der Waals surface area (Å²) in [7, 11) is 0. The molecule has 0 radical (unpaired) electrons. The average Bonchev–Trinajstić information content (AvgIpc) is 3.12. The molecule has 1 heterocycles. The summed E-state index contributed by atoms with van der Waals surface area (Å²) in [5, 5.41) is 9.19. The lowest BCUT2D eigenvalue weighted by Gasteiger charge is -2.20. The number of carbonyl (C=O) groups excluding carboxylic acids is 1. The van der Waals surface area contributed by atoms with Crippen molar-refractivity contribution in [1.29, 1.82) is 0 Å². The Morgan fingerprint density at radius 1 is 1.32 bits per heavy atom. The van der Waals surface area contributed by atoms with Gasteiger partial charge >= 0.3 is 5.97 Å². The van der Waals surface area contributed by atoms with Gasteiger partial charge in [0.25, 0.3) is 0 Å². The van der Waals surface area contributed by atoms with Crippen LogP contribution in [0.25, 0.3) is 0 Å². The van der Waals surface area contributed by atoms with Crippen LogP contribution in [-0.2, 0) is 9.59 Å². The van der Waals surface area contributed by atoms with E-state index in [1.165, 1.54) is 23.1 Å². The van der Waals surface area contributed by atoms with Gasteiger partial charge in [-0.15, -0.1) is 0 Å². The molecule has 22 heavy (non-hydrogen) atoms. The molecular formula is C16H17F2NO3. The minimum Gasteiger partial charge on any atom is -0.481 e. The van der Waals surface area contributed by atoms with Crippen molar-refractivity contribution in [2.45, 2.75) is 25.7 Å². The number of hydrogen-bond acceptors (Lipinski definition) is 2. The zero-order chi connectivity index (χ0) is 16.1. The molecule has 1 amide bonds. The summed E-state index contributed by atoms with van der Waals surface area (Å²) < 4.78 is 27.5. The molecule has 1 aromatic carbocycles. The van der Waals surface area contributed by atoms with Gasteiger partial charge in [0.2, 0.25) is 5.91 Å². The second kappa shape index (κ2) is 5.04. The number of hydrogen-bond donors (Lipinski definition) is 1. The van der Waals surface area contributed by atoms with Gasteiger partial charge in [0.05, 0.1) is 5.41 Å². The van der Waals surface area contributed by atoms with Gasteiger partial charge in [-0.2, -0.15) is 0 Å². The number of amides is 1. The number of likely N-dealkylation sites (tertiary alicyclic amines) is 1. The molecule has 4 nitrogen and oxygen atoms in total. The number of nitrogens with zero attached hydrogens (tertiary/aromatic N) is 1. The van der Waals surface area contributed by atoms with Crippen LogP contribution in [0.5, 0.6) is 0 Å². The van der Waals surface area contributed by atoms with Gasteiger partial charge < -0.3 is 10.0 Å². The molecule has 0 aromatic heterocycles. The maximum absolute atomic E-state index is 13.7. The fourth-order valence-electron chi connectivity index (χ4n) is 3.21. The smallest absolute Gasteiger partial charge is 0.311 e. The van der Waals surface area contributed by atoms with Gasteiger partial charge in [0.1, 0.15) is 11.6 Å². The summed E-state index contributed by atoms with van der Waals surface area (Å²) >= 11 is 0. The lowest BCUT2D eigenvalue weighted by molar-refractivity contribution is -0.147. The lowest BCUT2D eigenvalue weighted by Crippen LogP contribution is -2.35. The van der Waals surface area contributed by atoms with Crippen LogP contribution in [0.4, 0.5) is 8.78 Å². The van der Waals surface area contributed by atoms with Gasteiger partial charge in [-0.05, 0) is 31.9 Å². The Kier molecular flexibility index (Phi) is 3.42. The van der Waals surface area contributed by atoms with Crippen molar-refractivity contribution in [3.05, 3.63) is 35.4 Å². The molecule has 1 aliphatic carbocycles. The highest BCUT2D eigenvalue weighted by molar-refractivity contribution is 5.85. The van der Waals surface area contributed by atoms with E-state index >= 15 is 0 Å². The zero-order valence-electron chi connectivity index (χ0n) is 12.2. The Morgan fingerprint density at radius 2 is 1.95 bits per heavy atom. The Bertz CT molecular complexity index is 628. The van der Waals surface area contributed by atoms with E-state index in [1.54, 1.807) is 6.92 Å². The number of carboxylic acids is 1. The summed E-state index contributed by atoms with van der Waals surface area (Å²) in [6, 6.07) is 3.68. The molecule has 1 N–H and O–H groups in total. The topological polar surface area (TPSA) is 57.6 Å². The molecule has 1 aromatic rings. The largest absolute Gasteiger partial charge is 0.481 e. The number of benzene rings is 1. The molecule has 3 atom stereocenters. The van der Waals surface area contributed by atoms with Crippen molar-refractivity contribution in [2.75, 3.05) is 13.1 Å². The normalized spacial score (nSPS) is 30.4. The number of aliphatic carboxylic acids is 1. The van der Waals surface area contributed by atoms with Crippen LogP contribution in [0.15, 0.2) is 18.2 Å². The van der Waals surface area contributed by atoms with Gasteiger partial charge in [-0.3, -0.25) is 9.59 Å². The van der Waals surface area contributed by atoms with Gasteiger partial charge in [0.15, 0.2) is 0 Å². The molecule has 2 fully saturated rings. The third-order valence-electron chi connectivity index (χ3n) is 4.78. The molecule has 1 saturated heterocycles. The van der Waals surface area contributed by atoms with Crippen LogP contribution >= 0.6 is 0 Å². The Balaban J connectivity index is 1.71. The first-order valence-corrected chi connectivity index (χ1v) is 7.29. The molecule has 1 aliphatic heterocycles. The van der Waals surface area contributed by atoms with Crippen LogP contribution in [-0.4, -0.2) is 35.0 Å². The third kappa shape index (κ3) is 2.36. The van der Waals surface area contributed by atoms with E-state index in [2.05, 4.69) is 0 Å². The fraction of sp³-hybridized carbons (Fsp3) is 0.500. The van der Waals surface area contributed by atoms with E-state index < -0.39 is 34.9 Å². The Morgan fingerprint density at radius 3 is 2.50 bits per heavy atom. The SMILES string of the molecule is C[C@]1(C(=O)O)CCN(C(=O)[C@H]2C[C@@H]2c2c(F)cccc2F)C1. The molecule has 0 spiro atoms. The van der Waals surface area contributed by atoms with E-state index in [9.17, 15) is 23.5 Å². The minimum atomic E-state index is -0.927. The first kappa shape index (κ1) is 14.9. The second-order valence-corrected chi connectivity index (χ2v) is 6.46. The predicted molar refractivity (Wildman–Crippen MR) is 74.1 cm³/mol. The van der Waals surface area contributed by atoms with Crippen LogP contribution < -0.4 is 0 Å². The van der Waals surface area contributed by atoms with E-state index in [4.69, 9.17) is 0 Å². The van der Waals surface area contributed by atoms with Gasteiger partial charge in [-0.1, -0.05) is 6.07 Å². The molecule has 2 aliphatic rings. The summed E-state index contributed by atoms with van der Waals surface area (Å²) in [6.07, 6.45) is 0.816. The van der Waals surface area contributed by atoms with Crippen LogP contribution in [0, 0.1) is 23.0 Å². The second-order valence-electron chi connectivity index (χ2n) is 6.46. The van der Waals surface area contributed by atoms with E-state index in [0.29, 0.717) is 19.4 Å². The van der Waals surface area contributed by atoms with Crippen molar-refractivity contribution in [2.24, 2.45) is 11.3 Å². The minimum absolute atomic E-state index is 0.0268. The highest BCUT2D eigenvalue weighted by atomic mass is 19.1. The summed E-state index contributed by atoms with van der Waals surface area (Å²) in [5.41, 5.74) is -0.954. The van der Waals surface area contributed by atoms with Crippen molar-refractivity contribution < 1.29 is 23.5 Å². The quantitative estimate of drug-likeness (QED) is 0.932. The molecule has 3 rings (SSSR count). The standard InChI is InChI=1S/C16H17F2NO3/c1-16(15(21)22)5-6-19(8-16)14(20)10-7-9(10)13-11(17)3-2-4-12(13)18/h2-4,9-10H,5-8H2,1H3,(H,21,22)/t9-,10-,16-/m0/s1. The molecule has 6 heteroatoms. The summed E-state index contributed by atoms with van der Waals surface area (Å²) in [5.74, 6) is -3.25. The van der Waals surface area contributed by atoms with Crippen molar-refractivity contribution in [3.63, 3.8) is 0 Å². The first-order chi connectivity index (χ1) is 10.3. The predicted octanol–water partition coefficient (Wildman–Crippen LogP) is 2.39. The summed E-state index contributed by atoms with van der Waals surface area (Å²) in [6.45, 7) is 2.15. The summed E-state index contributed by atoms with van der Waals surface area (Å²) in [4.78, 5) is 25.1. The zero-order valence-corrected chi connectivity index (χ0v) is 12.2. The van der Waals surface area contributed by atoms with E-state index in [0.717, 1.165) is 0 Å². The van der Waals surface area contributed by atoms with Crippen LogP contribution in [0.2, 0.25) is 0 Å². The first-order valence-electron chi connectivity index (χ1n) is 7.29. The molecule has 1 saturated carbocycles. The van der Waals surface area contributed by atoms with Crippen molar-refractivity contribution in [1.82, 2.24) is 4.90 Å². The molecule has 0 bridgehead atoms. The maximum atomic E-state index is 13.7. The Hall–Kier alpha value is -1.98. The molecule has 118 valence electrons. The third-order valence-corrected chi connectivity index (χ3v) is 4.78. The highest BCUT2D eigenvalue weighted by Gasteiger charge is 2.51. The van der Waals surface area contributed by atoms with Gasteiger partial charge in [0, 0.05) is 30.5 Å². The fourth-order valence-corrected chi connectivity index (χ4v) is 3.21. The average molecular weight is 309 g/mol. The van der Waals surface area contributed by atoms with E-state index in [-0.39, 0.29) is 18.0 Å². The van der Waals surface area contributed by atoms with Crippen LogP contribution in [0.1, 0.15) is 31.2 Å². The van der Waals surface area contributed by atoms with Crippen molar-refractivity contribution >= 4 is 11.9 Å². The number of carbonyl (C=O) groups is 2. The monoisotopic (exact) mass is 309 g/mol. The van der Waals surface area contributed by atoms with Crippen LogP contribution in [0.3, 0.4) is 0 Å². The van der Waals surface area contributed by atoms with Crippen molar-refractivity contribution in [3.8, 4) is 0 Å². The van der Waals surface area contributed by atoms with E-state index in [1.807, 2.05) is 0 Å². The maximum Gasteiger partial charge on any atom is 0.311 e. The number of rotatable bonds is 3. The molecule has 0 unspecified atom stereocenters. The highest BCUT2D eigenvalue weighted by Crippen LogP contribution is 2.50.